The molecule has 24 heavy (non-hydrogen) atoms. The second-order valence-electron chi connectivity index (χ2n) is 5.65. The van der Waals surface area contributed by atoms with Gasteiger partial charge in [-0.1, -0.05) is 37.3 Å². The summed E-state index contributed by atoms with van der Waals surface area (Å²) in [5.74, 6) is -0.965. The van der Waals surface area contributed by atoms with Gasteiger partial charge in [-0.3, -0.25) is 9.59 Å². The van der Waals surface area contributed by atoms with Crippen molar-refractivity contribution in [1.82, 2.24) is 10.3 Å². The van der Waals surface area contributed by atoms with Crippen LogP contribution in [0.25, 0.3) is 0 Å². The average Bonchev–Trinajstić information content (AvgIpc) is 3.01. The third-order valence-corrected chi connectivity index (χ3v) is 4.57. The summed E-state index contributed by atoms with van der Waals surface area (Å²) in [4.78, 5) is 27.5. The molecule has 0 saturated heterocycles. The fourth-order valence-electron chi connectivity index (χ4n) is 2.43. The van der Waals surface area contributed by atoms with Crippen LogP contribution in [0.1, 0.15) is 36.0 Å². The number of nitrogens with zero attached hydrogens (tertiary/aromatic N) is 1. The van der Waals surface area contributed by atoms with E-state index in [4.69, 9.17) is 5.11 Å². The topological polar surface area (TPSA) is 79.3 Å². The van der Waals surface area contributed by atoms with Crippen LogP contribution in [-0.2, 0) is 28.9 Å². The van der Waals surface area contributed by atoms with Gasteiger partial charge in [0.2, 0.25) is 5.91 Å². The number of carboxylic acids is 1. The molecule has 6 heteroatoms. The highest BCUT2D eigenvalue weighted by Crippen LogP contribution is 2.12. The van der Waals surface area contributed by atoms with E-state index in [0.717, 1.165) is 22.7 Å². The highest BCUT2D eigenvalue weighted by Gasteiger charge is 2.16. The molecule has 128 valence electrons. The Bertz CT molecular complexity index is 670. The van der Waals surface area contributed by atoms with Crippen molar-refractivity contribution in [2.75, 3.05) is 0 Å². The lowest BCUT2D eigenvalue weighted by Crippen LogP contribution is -2.37. The summed E-state index contributed by atoms with van der Waals surface area (Å²) in [6, 6.07) is 9.58. The maximum atomic E-state index is 12.3. The summed E-state index contributed by atoms with van der Waals surface area (Å²) in [7, 11) is 0. The largest absolute Gasteiger partial charge is 0.481 e. The molecule has 1 atom stereocenters. The molecule has 0 aliphatic rings. The van der Waals surface area contributed by atoms with Crippen molar-refractivity contribution in [3.05, 3.63) is 52.0 Å². The van der Waals surface area contributed by atoms with Crippen molar-refractivity contribution in [3.8, 4) is 0 Å². The van der Waals surface area contributed by atoms with E-state index in [9.17, 15) is 9.59 Å². The van der Waals surface area contributed by atoms with Crippen molar-refractivity contribution in [2.24, 2.45) is 0 Å². The number of thiazole rings is 1. The van der Waals surface area contributed by atoms with Gasteiger partial charge in [0, 0.05) is 17.8 Å². The molecule has 0 fully saturated rings. The maximum Gasteiger partial charge on any atom is 0.303 e. The first-order valence-electron chi connectivity index (χ1n) is 8.05. The van der Waals surface area contributed by atoms with Crippen molar-refractivity contribution in [1.29, 1.82) is 0 Å². The number of rotatable bonds is 9. The molecule has 1 heterocycles. The standard InChI is InChI=1S/C18H22N2O3S/c1-2-14-12-24-17(20-14)11-16(21)19-15(8-9-18(22)23)10-13-6-4-3-5-7-13/h3-7,12,15H,2,8-11H2,1H3,(H,19,21)(H,22,23). The minimum absolute atomic E-state index is 0.0367. The Morgan fingerprint density at radius 2 is 2.04 bits per heavy atom. The molecule has 1 aromatic heterocycles. The smallest absolute Gasteiger partial charge is 0.303 e. The van der Waals surface area contributed by atoms with E-state index >= 15 is 0 Å². The number of carbonyl (C=O) groups is 2. The number of hydrogen-bond donors (Lipinski definition) is 2. The Balaban J connectivity index is 1.95. The summed E-state index contributed by atoms with van der Waals surface area (Å²) in [6.07, 6.45) is 2.16. The summed E-state index contributed by atoms with van der Waals surface area (Å²) < 4.78 is 0. The van der Waals surface area contributed by atoms with Crippen LogP contribution in [0, 0.1) is 0 Å². The van der Waals surface area contributed by atoms with Crippen LogP contribution in [0.5, 0.6) is 0 Å². The summed E-state index contributed by atoms with van der Waals surface area (Å²) in [5.41, 5.74) is 2.07. The van der Waals surface area contributed by atoms with E-state index in [1.807, 2.05) is 42.6 Å². The van der Waals surface area contributed by atoms with E-state index in [2.05, 4.69) is 10.3 Å². The number of benzene rings is 1. The minimum Gasteiger partial charge on any atom is -0.481 e. The molecule has 0 saturated carbocycles. The normalized spacial score (nSPS) is 11.9. The number of hydrogen-bond acceptors (Lipinski definition) is 4. The molecular weight excluding hydrogens is 324 g/mol. The Morgan fingerprint density at radius 1 is 1.29 bits per heavy atom. The Hall–Kier alpha value is -2.21. The predicted molar refractivity (Wildman–Crippen MR) is 94.1 cm³/mol. The minimum atomic E-state index is -0.852. The zero-order valence-corrected chi connectivity index (χ0v) is 14.5. The molecule has 2 aromatic rings. The first-order valence-corrected chi connectivity index (χ1v) is 8.93. The van der Waals surface area contributed by atoms with Gasteiger partial charge in [0.25, 0.3) is 0 Å². The van der Waals surface area contributed by atoms with Gasteiger partial charge >= 0.3 is 5.97 Å². The highest BCUT2D eigenvalue weighted by molar-refractivity contribution is 7.09. The van der Waals surface area contributed by atoms with Crippen molar-refractivity contribution in [2.45, 2.75) is 45.1 Å². The molecule has 5 nitrogen and oxygen atoms in total. The molecule has 1 unspecified atom stereocenters. The fraction of sp³-hybridized carbons (Fsp3) is 0.389. The predicted octanol–water partition coefficient (Wildman–Crippen LogP) is 2.84. The summed E-state index contributed by atoms with van der Waals surface area (Å²) in [6.45, 7) is 2.03. The molecule has 1 amide bonds. The van der Waals surface area contributed by atoms with Gasteiger partial charge in [-0.2, -0.15) is 0 Å². The van der Waals surface area contributed by atoms with Crippen molar-refractivity contribution in [3.63, 3.8) is 0 Å². The molecule has 0 spiro atoms. The van der Waals surface area contributed by atoms with Crippen LogP contribution in [-0.4, -0.2) is 28.0 Å². The number of aryl methyl sites for hydroxylation is 1. The fourth-order valence-corrected chi connectivity index (χ4v) is 3.31. The molecule has 0 aliphatic carbocycles. The number of aliphatic carboxylic acids is 1. The van der Waals surface area contributed by atoms with Crippen LogP contribution in [0.15, 0.2) is 35.7 Å². The van der Waals surface area contributed by atoms with E-state index in [-0.39, 0.29) is 24.8 Å². The molecule has 0 radical (unpaired) electrons. The number of nitrogens with one attached hydrogen (secondary N) is 1. The molecule has 2 rings (SSSR count). The van der Waals surface area contributed by atoms with Gasteiger partial charge in [-0.05, 0) is 24.8 Å². The summed E-state index contributed by atoms with van der Waals surface area (Å²) >= 11 is 1.49. The third-order valence-electron chi connectivity index (χ3n) is 3.67. The average molecular weight is 346 g/mol. The molecular formula is C18H22N2O3S. The number of carbonyl (C=O) groups excluding carboxylic acids is 1. The quantitative estimate of drug-likeness (QED) is 0.732. The Morgan fingerprint density at radius 3 is 2.67 bits per heavy atom. The number of amides is 1. The van der Waals surface area contributed by atoms with Crippen LogP contribution in [0.2, 0.25) is 0 Å². The van der Waals surface area contributed by atoms with Gasteiger partial charge < -0.3 is 10.4 Å². The lowest BCUT2D eigenvalue weighted by atomic mass is 10.0. The third kappa shape index (κ3) is 6.12. The lowest BCUT2D eigenvalue weighted by Gasteiger charge is -2.18. The lowest BCUT2D eigenvalue weighted by molar-refractivity contribution is -0.137. The van der Waals surface area contributed by atoms with E-state index in [1.54, 1.807) is 0 Å². The Labute approximate surface area is 145 Å². The van der Waals surface area contributed by atoms with Gasteiger partial charge in [-0.25, -0.2) is 4.98 Å². The van der Waals surface area contributed by atoms with Crippen LogP contribution < -0.4 is 5.32 Å². The van der Waals surface area contributed by atoms with Gasteiger partial charge in [0.05, 0.1) is 12.1 Å². The van der Waals surface area contributed by atoms with E-state index in [1.165, 1.54) is 11.3 Å². The van der Waals surface area contributed by atoms with Gasteiger partial charge in [0.15, 0.2) is 0 Å². The molecule has 2 N–H and O–H groups in total. The highest BCUT2D eigenvalue weighted by atomic mass is 32.1. The van der Waals surface area contributed by atoms with Crippen molar-refractivity contribution >= 4 is 23.2 Å². The van der Waals surface area contributed by atoms with Crippen LogP contribution in [0.4, 0.5) is 0 Å². The first-order chi connectivity index (χ1) is 11.6. The Kier molecular flexibility index (Phi) is 6.93. The first kappa shape index (κ1) is 18.1. The molecule has 0 bridgehead atoms. The summed E-state index contributed by atoms with van der Waals surface area (Å²) in [5, 5.41) is 14.6. The van der Waals surface area contributed by atoms with E-state index < -0.39 is 5.97 Å². The van der Waals surface area contributed by atoms with Crippen LogP contribution in [0.3, 0.4) is 0 Å². The monoisotopic (exact) mass is 346 g/mol. The zero-order chi connectivity index (χ0) is 17.4. The van der Waals surface area contributed by atoms with Gasteiger partial charge in [0.1, 0.15) is 5.01 Å². The van der Waals surface area contributed by atoms with Crippen molar-refractivity contribution < 1.29 is 14.7 Å². The second-order valence-corrected chi connectivity index (χ2v) is 6.59. The number of aromatic nitrogens is 1. The maximum absolute atomic E-state index is 12.3. The SMILES string of the molecule is CCc1csc(CC(=O)NC(CCC(=O)O)Cc2ccccc2)n1. The van der Waals surface area contributed by atoms with Gasteiger partial charge in [-0.15, -0.1) is 11.3 Å². The molecule has 0 aliphatic heterocycles. The zero-order valence-electron chi connectivity index (χ0n) is 13.7. The van der Waals surface area contributed by atoms with E-state index in [0.29, 0.717) is 12.8 Å². The van der Waals surface area contributed by atoms with Crippen LogP contribution >= 0.6 is 11.3 Å². The number of carboxylic acid groups (broad SMARTS) is 1. The second kappa shape index (κ2) is 9.17. The molecule has 1 aromatic carbocycles.